The van der Waals surface area contributed by atoms with Gasteiger partial charge in [-0.25, -0.2) is 0 Å². The minimum atomic E-state index is -0.149. The van der Waals surface area contributed by atoms with Gasteiger partial charge >= 0.3 is 0 Å². The van der Waals surface area contributed by atoms with Gasteiger partial charge in [0.05, 0.1) is 12.2 Å². The van der Waals surface area contributed by atoms with Crippen molar-refractivity contribution in [3.05, 3.63) is 0 Å². The largest absolute Gasteiger partial charge is 0.392 e. The molecule has 0 aromatic carbocycles. The highest BCUT2D eigenvalue weighted by atomic mass is 35.5. The Hall–Kier alpha value is 0.130. The van der Waals surface area contributed by atoms with Crippen LogP contribution in [0, 0.1) is 5.41 Å². The number of piperidine rings is 1. The molecule has 2 atom stereocenters. The van der Waals surface area contributed by atoms with E-state index in [1.54, 1.807) is 0 Å². The normalized spacial score (nSPS) is 31.9. The number of aliphatic hydroxyl groups excluding tert-OH is 1. The van der Waals surface area contributed by atoms with Gasteiger partial charge in [0.15, 0.2) is 0 Å². The van der Waals surface area contributed by atoms with Crippen LogP contribution in [0.1, 0.15) is 26.2 Å². The van der Waals surface area contributed by atoms with Gasteiger partial charge in [0, 0.05) is 31.5 Å². The smallest absolute Gasteiger partial charge is 0.0681 e. The monoisotopic (exact) mass is 264 g/mol. The number of hydrogen-bond acceptors (Lipinski definition) is 4. The minimum absolute atomic E-state index is 0. The van der Waals surface area contributed by atoms with E-state index < -0.39 is 0 Å². The Labute approximate surface area is 110 Å². The summed E-state index contributed by atoms with van der Waals surface area (Å²) in [5.74, 6) is 0. The number of ether oxygens (including phenoxy) is 1. The lowest BCUT2D eigenvalue weighted by molar-refractivity contribution is -0.209. The summed E-state index contributed by atoms with van der Waals surface area (Å²) >= 11 is 0. The predicted octanol–water partition coefficient (Wildman–Crippen LogP) is 0.619. The van der Waals surface area contributed by atoms with Crippen LogP contribution in [0.15, 0.2) is 0 Å². The molecule has 1 heterocycles. The van der Waals surface area contributed by atoms with Crippen molar-refractivity contribution in [3.63, 3.8) is 0 Å². The summed E-state index contributed by atoms with van der Waals surface area (Å²) in [5, 5.41) is 10.0. The fraction of sp³-hybridized carbons (Fsp3) is 1.00. The number of hydrogen-bond donors (Lipinski definition) is 2. The highest BCUT2D eigenvalue weighted by Crippen LogP contribution is 2.50. The van der Waals surface area contributed by atoms with Crippen molar-refractivity contribution in [2.75, 3.05) is 32.8 Å². The Kier molecular flexibility index (Phi) is 5.67. The molecule has 2 unspecified atom stereocenters. The summed E-state index contributed by atoms with van der Waals surface area (Å²) in [5.41, 5.74) is 5.62. The first-order chi connectivity index (χ1) is 7.73. The Balaban J connectivity index is 0.00000144. The molecular formula is C12H25ClN2O2. The number of aliphatic hydroxyl groups is 1. The van der Waals surface area contributed by atoms with Gasteiger partial charge in [-0.3, -0.25) is 0 Å². The third-order valence-electron chi connectivity index (χ3n) is 4.34. The SMILES string of the molecule is CCOC1CC(O)C12CCN(CCN)CC2.Cl. The van der Waals surface area contributed by atoms with Crippen LogP contribution in [-0.4, -0.2) is 55.0 Å². The van der Waals surface area contributed by atoms with Crippen molar-refractivity contribution in [2.45, 2.75) is 38.4 Å². The summed E-state index contributed by atoms with van der Waals surface area (Å²) in [6.07, 6.45) is 3.07. The first kappa shape index (κ1) is 15.2. The van der Waals surface area contributed by atoms with E-state index in [1.165, 1.54) is 0 Å². The molecule has 0 bridgehead atoms. The predicted molar refractivity (Wildman–Crippen MR) is 70.4 cm³/mol. The van der Waals surface area contributed by atoms with E-state index in [0.717, 1.165) is 52.0 Å². The summed E-state index contributed by atoms with van der Waals surface area (Å²) in [6.45, 7) is 6.60. The first-order valence-electron chi connectivity index (χ1n) is 6.45. The Morgan fingerprint density at radius 1 is 1.41 bits per heavy atom. The molecule has 2 fully saturated rings. The second-order valence-electron chi connectivity index (χ2n) is 5.06. The van der Waals surface area contributed by atoms with E-state index in [-0.39, 0.29) is 30.0 Å². The minimum Gasteiger partial charge on any atom is -0.392 e. The first-order valence-corrected chi connectivity index (χ1v) is 6.45. The number of rotatable bonds is 4. The second kappa shape index (κ2) is 6.34. The average Bonchev–Trinajstić information content (AvgIpc) is 2.30. The van der Waals surface area contributed by atoms with E-state index in [9.17, 15) is 5.11 Å². The lowest BCUT2D eigenvalue weighted by Crippen LogP contribution is -2.62. The number of likely N-dealkylation sites (tertiary alicyclic amines) is 1. The van der Waals surface area contributed by atoms with Gasteiger partial charge in [0.1, 0.15) is 0 Å². The maximum absolute atomic E-state index is 10.0. The molecule has 1 aliphatic carbocycles. The van der Waals surface area contributed by atoms with Gasteiger partial charge in [-0.15, -0.1) is 12.4 Å². The van der Waals surface area contributed by atoms with Gasteiger partial charge < -0.3 is 20.5 Å². The number of halogens is 1. The third-order valence-corrected chi connectivity index (χ3v) is 4.34. The second-order valence-corrected chi connectivity index (χ2v) is 5.06. The van der Waals surface area contributed by atoms with Crippen molar-refractivity contribution in [3.8, 4) is 0 Å². The van der Waals surface area contributed by atoms with Crippen LogP contribution in [0.4, 0.5) is 0 Å². The topological polar surface area (TPSA) is 58.7 Å². The van der Waals surface area contributed by atoms with Crippen LogP contribution in [0.25, 0.3) is 0 Å². The summed E-state index contributed by atoms with van der Waals surface area (Å²) in [7, 11) is 0. The van der Waals surface area contributed by atoms with Crippen molar-refractivity contribution in [2.24, 2.45) is 11.1 Å². The van der Waals surface area contributed by atoms with Gasteiger partial charge in [0.25, 0.3) is 0 Å². The van der Waals surface area contributed by atoms with Crippen molar-refractivity contribution >= 4 is 12.4 Å². The van der Waals surface area contributed by atoms with Crippen LogP contribution >= 0.6 is 12.4 Å². The summed E-state index contributed by atoms with van der Waals surface area (Å²) in [6, 6.07) is 0. The van der Waals surface area contributed by atoms with Crippen molar-refractivity contribution in [1.82, 2.24) is 4.90 Å². The van der Waals surface area contributed by atoms with Crippen LogP contribution in [-0.2, 0) is 4.74 Å². The number of nitrogens with zero attached hydrogens (tertiary/aromatic N) is 1. The lowest BCUT2D eigenvalue weighted by atomic mass is 9.58. The zero-order chi connectivity index (χ0) is 11.6. The molecule has 0 radical (unpaired) electrons. The average molecular weight is 265 g/mol. The molecule has 102 valence electrons. The molecule has 2 aliphatic rings. The molecule has 2 rings (SSSR count). The maximum Gasteiger partial charge on any atom is 0.0681 e. The molecule has 1 spiro atoms. The summed E-state index contributed by atoms with van der Waals surface area (Å²) in [4.78, 5) is 2.39. The highest BCUT2D eigenvalue weighted by Gasteiger charge is 2.55. The van der Waals surface area contributed by atoms with Gasteiger partial charge in [-0.1, -0.05) is 0 Å². The number of nitrogens with two attached hydrogens (primary N) is 1. The Morgan fingerprint density at radius 3 is 2.53 bits per heavy atom. The molecule has 1 aliphatic heterocycles. The van der Waals surface area contributed by atoms with Crippen molar-refractivity contribution in [1.29, 1.82) is 0 Å². The van der Waals surface area contributed by atoms with Gasteiger partial charge in [-0.05, 0) is 32.9 Å². The van der Waals surface area contributed by atoms with E-state index >= 15 is 0 Å². The molecule has 1 saturated carbocycles. The fourth-order valence-electron chi connectivity index (χ4n) is 3.19. The van der Waals surface area contributed by atoms with Gasteiger partial charge in [-0.2, -0.15) is 0 Å². The Bertz CT molecular complexity index is 231. The molecule has 4 nitrogen and oxygen atoms in total. The lowest BCUT2D eigenvalue weighted by Gasteiger charge is -2.56. The van der Waals surface area contributed by atoms with E-state index in [2.05, 4.69) is 4.90 Å². The highest BCUT2D eigenvalue weighted by molar-refractivity contribution is 5.85. The zero-order valence-corrected chi connectivity index (χ0v) is 11.4. The van der Waals surface area contributed by atoms with Crippen LogP contribution in [0.5, 0.6) is 0 Å². The standard InChI is InChI=1S/C12H24N2O2.ClH/c1-2-16-11-9-10(15)12(11)3-6-14(7-4-12)8-5-13;/h10-11,15H,2-9,13H2,1H3;1H. The van der Waals surface area contributed by atoms with Crippen molar-refractivity contribution < 1.29 is 9.84 Å². The van der Waals surface area contributed by atoms with E-state index in [4.69, 9.17) is 10.5 Å². The molecule has 0 aromatic heterocycles. The van der Waals surface area contributed by atoms with Crippen LogP contribution in [0.2, 0.25) is 0 Å². The van der Waals surface area contributed by atoms with Crippen LogP contribution in [0.3, 0.4) is 0 Å². The zero-order valence-electron chi connectivity index (χ0n) is 10.6. The third kappa shape index (κ3) is 2.76. The quantitative estimate of drug-likeness (QED) is 0.782. The molecule has 3 N–H and O–H groups in total. The molecular weight excluding hydrogens is 240 g/mol. The molecule has 1 saturated heterocycles. The van der Waals surface area contributed by atoms with Crippen LogP contribution < -0.4 is 5.73 Å². The fourth-order valence-corrected chi connectivity index (χ4v) is 3.19. The Morgan fingerprint density at radius 2 is 2.06 bits per heavy atom. The summed E-state index contributed by atoms with van der Waals surface area (Å²) < 4.78 is 5.73. The molecule has 0 amide bonds. The van der Waals surface area contributed by atoms with E-state index in [1.807, 2.05) is 6.92 Å². The molecule has 17 heavy (non-hydrogen) atoms. The molecule has 5 heteroatoms. The van der Waals surface area contributed by atoms with Gasteiger partial charge in [0.2, 0.25) is 0 Å². The molecule has 0 aromatic rings. The van der Waals surface area contributed by atoms with E-state index in [0.29, 0.717) is 0 Å². The maximum atomic E-state index is 10.0.